The highest BCUT2D eigenvalue weighted by Gasteiger charge is 2.06. The Morgan fingerprint density at radius 2 is 2.07 bits per heavy atom. The van der Waals surface area contributed by atoms with Crippen LogP contribution in [0.4, 0.5) is 5.82 Å². The molecule has 74 valence electrons. The van der Waals surface area contributed by atoms with Crippen LogP contribution in [0.3, 0.4) is 0 Å². The van der Waals surface area contributed by atoms with E-state index >= 15 is 0 Å². The predicted molar refractivity (Wildman–Crippen MR) is 56.0 cm³/mol. The van der Waals surface area contributed by atoms with Crippen LogP contribution in [0.5, 0.6) is 0 Å². The van der Waals surface area contributed by atoms with E-state index in [1.807, 2.05) is 13.1 Å². The molecule has 3 aromatic heterocycles. The molecule has 0 atom stereocenters. The highest BCUT2D eigenvalue weighted by molar-refractivity contribution is 5.93. The zero-order valence-electron chi connectivity index (χ0n) is 8.05. The Labute approximate surface area is 84.8 Å². The maximum absolute atomic E-state index is 5.91. The lowest BCUT2D eigenvalue weighted by Gasteiger charge is -2.05. The van der Waals surface area contributed by atoms with Gasteiger partial charge in [-0.1, -0.05) is 0 Å². The number of aryl methyl sites for hydroxylation is 1. The zero-order chi connectivity index (χ0) is 10.4. The average molecular weight is 200 g/mol. The van der Waals surface area contributed by atoms with Gasteiger partial charge in [0.15, 0.2) is 11.3 Å². The van der Waals surface area contributed by atoms with Crippen LogP contribution in [0, 0.1) is 0 Å². The fourth-order valence-corrected chi connectivity index (χ4v) is 1.50. The van der Waals surface area contributed by atoms with Crippen LogP contribution < -0.4 is 5.73 Å². The summed E-state index contributed by atoms with van der Waals surface area (Å²) in [5, 5.41) is 0.799. The molecule has 0 aromatic carbocycles. The van der Waals surface area contributed by atoms with Crippen molar-refractivity contribution < 1.29 is 0 Å². The molecule has 6 nitrogen and oxygen atoms in total. The quantitative estimate of drug-likeness (QED) is 0.571. The summed E-state index contributed by atoms with van der Waals surface area (Å²) in [4.78, 5) is 16.5. The van der Waals surface area contributed by atoms with Gasteiger partial charge >= 0.3 is 0 Å². The number of anilines is 1. The number of nitrogens with zero attached hydrogens (tertiary/aromatic N) is 5. The minimum atomic E-state index is 0.596. The van der Waals surface area contributed by atoms with Crippen molar-refractivity contribution in [1.82, 2.24) is 24.5 Å². The van der Waals surface area contributed by atoms with Crippen molar-refractivity contribution in [2.45, 2.75) is 0 Å². The van der Waals surface area contributed by atoms with E-state index in [4.69, 9.17) is 5.73 Å². The first-order valence-electron chi connectivity index (χ1n) is 4.44. The van der Waals surface area contributed by atoms with Gasteiger partial charge in [0.1, 0.15) is 17.7 Å². The Morgan fingerprint density at radius 1 is 1.20 bits per heavy atom. The van der Waals surface area contributed by atoms with Gasteiger partial charge in [0.05, 0.1) is 11.7 Å². The zero-order valence-corrected chi connectivity index (χ0v) is 8.05. The molecule has 6 heteroatoms. The number of rotatable bonds is 0. The molecule has 0 saturated carbocycles. The minimum absolute atomic E-state index is 0.596. The van der Waals surface area contributed by atoms with Crippen molar-refractivity contribution in [2.75, 3.05) is 5.73 Å². The Hall–Kier alpha value is -2.24. The number of pyridine rings is 1. The number of hydrogen-bond donors (Lipinski definition) is 1. The van der Waals surface area contributed by atoms with E-state index in [9.17, 15) is 0 Å². The second-order valence-corrected chi connectivity index (χ2v) is 3.32. The molecule has 0 aliphatic rings. The third-order valence-electron chi connectivity index (χ3n) is 2.35. The lowest BCUT2D eigenvalue weighted by molar-refractivity contribution is 0.891. The molecule has 0 spiro atoms. The molecule has 2 N–H and O–H groups in total. The third kappa shape index (κ3) is 1.04. The number of nitrogen functional groups attached to an aromatic ring is 1. The van der Waals surface area contributed by atoms with Crippen molar-refractivity contribution in [3.05, 3.63) is 18.7 Å². The molecule has 0 bridgehead atoms. The molecule has 0 unspecified atom stereocenters. The highest BCUT2D eigenvalue weighted by Crippen LogP contribution is 2.19. The van der Waals surface area contributed by atoms with Crippen molar-refractivity contribution in [3.8, 4) is 0 Å². The smallest absolute Gasteiger partial charge is 0.181 e. The molecule has 0 saturated heterocycles. The molecule has 0 radical (unpaired) electrons. The van der Waals surface area contributed by atoms with Crippen molar-refractivity contribution in [1.29, 1.82) is 0 Å². The van der Waals surface area contributed by atoms with E-state index in [1.165, 1.54) is 6.33 Å². The maximum Gasteiger partial charge on any atom is 0.181 e. The maximum atomic E-state index is 5.91. The van der Waals surface area contributed by atoms with Crippen LogP contribution >= 0.6 is 0 Å². The van der Waals surface area contributed by atoms with E-state index in [1.54, 1.807) is 10.9 Å². The minimum Gasteiger partial charge on any atom is -0.384 e. The van der Waals surface area contributed by atoms with Gasteiger partial charge < -0.3 is 10.3 Å². The van der Waals surface area contributed by atoms with Gasteiger partial charge in [-0.3, -0.25) is 0 Å². The summed E-state index contributed by atoms with van der Waals surface area (Å²) < 4.78 is 1.74. The Kier molecular flexibility index (Phi) is 1.42. The first kappa shape index (κ1) is 8.10. The van der Waals surface area contributed by atoms with Gasteiger partial charge in [0.2, 0.25) is 0 Å². The van der Waals surface area contributed by atoms with Crippen LogP contribution in [0.15, 0.2) is 18.7 Å². The third-order valence-corrected chi connectivity index (χ3v) is 2.35. The lowest BCUT2D eigenvalue weighted by Crippen LogP contribution is -2.03. The van der Waals surface area contributed by atoms with Gasteiger partial charge in [0, 0.05) is 7.05 Å². The van der Waals surface area contributed by atoms with Crippen molar-refractivity contribution in [3.63, 3.8) is 0 Å². The summed E-state index contributed by atoms with van der Waals surface area (Å²) in [6.07, 6.45) is 3.11. The SMILES string of the molecule is Cn1cnc2nc3ncnc3cc2c1N. The highest BCUT2D eigenvalue weighted by atomic mass is 15.1. The molecule has 15 heavy (non-hydrogen) atoms. The fraction of sp³-hybridized carbons (Fsp3) is 0.111. The molecular weight excluding hydrogens is 192 g/mol. The van der Waals surface area contributed by atoms with Crippen molar-refractivity contribution in [2.24, 2.45) is 7.05 Å². The molecule has 0 amide bonds. The number of hydrogen-bond acceptors (Lipinski definition) is 5. The Morgan fingerprint density at radius 3 is 2.93 bits per heavy atom. The van der Waals surface area contributed by atoms with E-state index in [2.05, 4.69) is 19.9 Å². The van der Waals surface area contributed by atoms with Crippen LogP contribution in [0.2, 0.25) is 0 Å². The van der Waals surface area contributed by atoms with Gasteiger partial charge in [-0.2, -0.15) is 0 Å². The molecule has 3 rings (SSSR count). The summed E-state index contributed by atoms with van der Waals surface area (Å²) in [6, 6.07) is 1.85. The van der Waals surface area contributed by atoms with E-state index in [0.717, 1.165) is 10.9 Å². The number of aromatic nitrogens is 5. The van der Waals surface area contributed by atoms with Gasteiger partial charge in [-0.15, -0.1) is 0 Å². The molecule has 3 aromatic rings. The van der Waals surface area contributed by atoms with Crippen LogP contribution in [0.1, 0.15) is 0 Å². The second kappa shape index (κ2) is 2.63. The van der Waals surface area contributed by atoms with Gasteiger partial charge in [-0.25, -0.2) is 19.9 Å². The summed E-state index contributed by atoms with van der Waals surface area (Å²) in [5.41, 5.74) is 7.85. The van der Waals surface area contributed by atoms with E-state index in [-0.39, 0.29) is 0 Å². The summed E-state index contributed by atoms with van der Waals surface area (Å²) >= 11 is 0. The van der Waals surface area contributed by atoms with Gasteiger partial charge in [0.25, 0.3) is 0 Å². The number of nitrogens with two attached hydrogens (primary N) is 1. The van der Waals surface area contributed by atoms with E-state index < -0.39 is 0 Å². The van der Waals surface area contributed by atoms with E-state index in [0.29, 0.717) is 17.1 Å². The predicted octanol–water partition coefficient (Wildman–Crippen LogP) is 0.494. The van der Waals surface area contributed by atoms with Crippen LogP contribution in [-0.2, 0) is 7.05 Å². The lowest BCUT2D eigenvalue weighted by atomic mass is 10.3. The second-order valence-electron chi connectivity index (χ2n) is 3.32. The summed E-state index contributed by atoms with van der Waals surface area (Å²) in [7, 11) is 1.84. The fourth-order valence-electron chi connectivity index (χ4n) is 1.50. The van der Waals surface area contributed by atoms with Crippen LogP contribution in [-0.4, -0.2) is 24.5 Å². The molecule has 3 heterocycles. The molecule has 0 aliphatic heterocycles. The normalized spacial score (nSPS) is 11.3. The van der Waals surface area contributed by atoms with Crippen LogP contribution in [0.25, 0.3) is 22.2 Å². The first-order chi connectivity index (χ1) is 7.25. The molecular formula is C9H8N6. The Bertz CT molecular complexity index is 656. The van der Waals surface area contributed by atoms with Gasteiger partial charge in [-0.05, 0) is 6.07 Å². The standard InChI is InChI=1S/C9H8N6/c1-15-4-13-8-5(7(15)10)2-6-9(14-8)12-3-11-6/h2-4H,10H2,1H3. The molecule has 0 aliphatic carbocycles. The van der Waals surface area contributed by atoms with Crippen molar-refractivity contribution >= 4 is 28.0 Å². The average Bonchev–Trinajstić information content (AvgIpc) is 2.68. The first-order valence-corrected chi connectivity index (χ1v) is 4.44. The Balaban J connectivity index is 2.54. The monoisotopic (exact) mass is 200 g/mol. The number of imidazole rings is 1. The summed E-state index contributed by atoms with van der Waals surface area (Å²) in [6.45, 7) is 0. The topological polar surface area (TPSA) is 82.5 Å². The molecule has 0 fully saturated rings. The summed E-state index contributed by atoms with van der Waals surface area (Å²) in [5.74, 6) is 0.623. The largest absolute Gasteiger partial charge is 0.384 e. The number of fused-ring (bicyclic) bond motifs is 2.